The van der Waals surface area contributed by atoms with Gasteiger partial charge in [-0.15, -0.1) is 0 Å². The van der Waals surface area contributed by atoms with Gasteiger partial charge in [-0.05, 0) is 24.3 Å². The number of nitrogens with two attached hydrogens (primary N) is 1. The Bertz CT molecular complexity index is 324. The van der Waals surface area contributed by atoms with Crippen molar-refractivity contribution >= 4 is 0 Å². The fourth-order valence-electron chi connectivity index (χ4n) is 1.95. The second-order valence-electron chi connectivity index (χ2n) is 5.10. The standard InChI is InChI=1S/C14H25N3O/c1-11(2)5-4-6-13(17-15)9-12-7-8-14(18-3)16-10-12/h7-8,10-11,13,17H,4-6,9,15H2,1-3H3. The third kappa shape index (κ3) is 5.47. The average molecular weight is 251 g/mol. The number of hydrazine groups is 1. The van der Waals surface area contributed by atoms with Crippen molar-refractivity contribution < 1.29 is 4.74 Å². The van der Waals surface area contributed by atoms with Crippen LogP contribution < -0.4 is 16.0 Å². The molecule has 0 saturated heterocycles. The number of hydrogen-bond donors (Lipinski definition) is 2. The van der Waals surface area contributed by atoms with Crippen LogP contribution >= 0.6 is 0 Å². The third-order valence-corrected chi connectivity index (χ3v) is 3.06. The van der Waals surface area contributed by atoms with Gasteiger partial charge in [-0.3, -0.25) is 11.3 Å². The number of pyridine rings is 1. The molecule has 0 aliphatic heterocycles. The van der Waals surface area contributed by atoms with Gasteiger partial charge in [0.1, 0.15) is 0 Å². The average Bonchev–Trinajstić information content (AvgIpc) is 2.38. The normalized spacial score (nSPS) is 12.7. The molecule has 0 spiro atoms. The lowest BCUT2D eigenvalue weighted by Gasteiger charge is -2.16. The van der Waals surface area contributed by atoms with Crippen molar-refractivity contribution in [3.05, 3.63) is 23.9 Å². The molecule has 0 aliphatic carbocycles. The predicted molar refractivity (Wildman–Crippen MR) is 74.3 cm³/mol. The quantitative estimate of drug-likeness (QED) is 0.550. The summed E-state index contributed by atoms with van der Waals surface area (Å²) in [7, 11) is 1.62. The first-order valence-corrected chi connectivity index (χ1v) is 6.60. The minimum atomic E-state index is 0.318. The maximum absolute atomic E-state index is 5.60. The first kappa shape index (κ1) is 14.9. The Hall–Kier alpha value is -1.13. The number of ether oxygens (including phenoxy) is 1. The lowest BCUT2D eigenvalue weighted by molar-refractivity contribution is 0.397. The van der Waals surface area contributed by atoms with Crippen LogP contribution in [0.15, 0.2) is 18.3 Å². The second kappa shape index (κ2) is 8.06. The van der Waals surface area contributed by atoms with Crippen molar-refractivity contribution in [2.24, 2.45) is 11.8 Å². The van der Waals surface area contributed by atoms with Crippen LogP contribution in [0.5, 0.6) is 5.88 Å². The highest BCUT2D eigenvalue weighted by Crippen LogP contribution is 2.13. The Balaban J connectivity index is 2.41. The lowest BCUT2D eigenvalue weighted by Crippen LogP contribution is -2.36. The minimum Gasteiger partial charge on any atom is -0.481 e. The van der Waals surface area contributed by atoms with Crippen molar-refractivity contribution in [2.45, 2.75) is 45.6 Å². The Morgan fingerprint density at radius 3 is 2.61 bits per heavy atom. The van der Waals surface area contributed by atoms with Crippen molar-refractivity contribution in [3.8, 4) is 5.88 Å². The van der Waals surface area contributed by atoms with Gasteiger partial charge in [0.25, 0.3) is 0 Å². The van der Waals surface area contributed by atoms with E-state index in [-0.39, 0.29) is 0 Å². The molecule has 1 heterocycles. The van der Waals surface area contributed by atoms with Crippen LogP contribution in [0.2, 0.25) is 0 Å². The molecule has 0 amide bonds. The summed E-state index contributed by atoms with van der Waals surface area (Å²) >= 11 is 0. The Morgan fingerprint density at radius 1 is 1.33 bits per heavy atom. The number of methoxy groups -OCH3 is 1. The number of hydrogen-bond acceptors (Lipinski definition) is 4. The van der Waals surface area contributed by atoms with Gasteiger partial charge in [-0.25, -0.2) is 4.98 Å². The molecule has 102 valence electrons. The summed E-state index contributed by atoms with van der Waals surface area (Å²) in [5.74, 6) is 7.00. The van der Waals surface area contributed by atoms with E-state index in [0.717, 1.165) is 18.8 Å². The highest BCUT2D eigenvalue weighted by molar-refractivity contribution is 5.18. The Labute approximate surface area is 110 Å². The summed E-state index contributed by atoms with van der Waals surface area (Å²) in [4.78, 5) is 4.20. The Kier molecular flexibility index (Phi) is 6.68. The molecule has 1 rings (SSSR count). The van der Waals surface area contributed by atoms with Crippen LogP contribution in [0.25, 0.3) is 0 Å². The molecule has 18 heavy (non-hydrogen) atoms. The number of nitrogens with one attached hydrogen (secondary N) is 1. The van der Waals surface area contributed by atoms with Crippen LogP contribution in [0.3, 0.4) is 0 Å². The fraction of sp³-hybridized carbons (Fsp3) is 0.643. The largest absolute Gasteiger partial charge is 0.481 e. The zero-order valence-electron chi connectivity index (χ0n) is 11.6. The van der Waals surface area contributed by atoms with Crippen LogP contribution in [0.1, 0.15) is 38.7 Å². The summed E-state index contributed by atoms with van der Waals surface area (Å²) < 4.78 is 5.04. The summed E-state index contributed by atoms with van der Waals surface area (Å²) in [6, 6.07) is 4.24. The topological polar surface area (TPSA) is 60.2 Å². The van der Waals surface area contributed by atoms with Gasteiger partial charge >= 0.3 is 0 Å². The monoisotopic (exact) mass is 251 g/mol. The van der Waals surface area contributed by atoms with Crippen LogP contribution in [-0.2, 0) is 6.42 Å². The van der Waals surface area contributed by atoms with E-state index in [1.165, 1.54) is 18.4 Å². The van der Waals surface area contributed by atoms with E-state index in [2.05, 4.69) is 24.3 Å². The molecule has 0 fully saturated rings. The van der Waals surface area contributed by atoms with Crippen molar-refractivity contribution in [1.82, 2.24) is 10.4 Å². The SMILES string of the molecule is COc1ccc(CC(CCCC(C)C)NN)cn1. The second-order valence-corrected chi connectivity index (χ2v) is 5.10. The third-order valence-electron chi connectivity index (χ3n) is 3.06. The molecule has 0 bridgehead atoms. The lowest BCUT2D eigenvalue weighted by atomic mass is 9.99. The molecular formula is C14H25N3O. The molecule has 1 atom stereocenters. The molecular weight excluding hydrogens is 226 g/mol. The van der Waals surface area contributed by atoms with E-state index >= 15 is 0 Å². The molecule has 0 radical (unpaired) electrons. The minimum absolute atomic E-state index is 0.318. The van der Waals surface area contributed by atoms with E-state index < -0.39 is 0 Å². The van der Waals surface area contributed by atoms with Gasteiger partial charge in [0.2, 0.25) is 5.88 Å². The van der Waals surface area contributed by atoms with Crippen molar-refractivity contribution in [1.29, 1.82) is 0 Å². The fourth-order valence-corrected chi connectivity index (χ4v) is 1.95. The van der Waals surface area contributed by atoms with Gasteiger partial charge in [-0.1, -0.05) is 32.8 Å². The molecule has 0 saturated carbocycles. The first-order valence-electron chi connectivity index (χ1n) is 6.60. The maximum Gasteiger partial charge on any atom is 0.212 e. The van der Waals surface area contributed by atoms with Crippen molar-refractivity contribution in [3.63, 3.8) is 0 Å². The predicted octanol–water partition coefficient (Wildman–Crippen LogP) is 2.29. The molecule has 1 aromatic heterocycles. The summed E-state index contributed by atoms with van der Waals surface area (Å²) in [6.07, 6.45) is 6.31. The number of rotatable bonds is 8. The molecule has 0 aromatic carbocycles. The van der Waals surface area contributed by atoms with Crippen molar-refractivity contribution in [2.75, 3.05) is 7.11 Å². The highest BCUT2D eigenvalue weighted by atomic mass is 16.5. The van der Waals surface area contributed by atoms with Gasteiger partial charge < -0.3 is 4.74 Å². The van der Waals surface area contributed by atoms with E-state index in [1.54, 1.807) is 7.11 Å². The smallest absolute Gasteiger partial charge is 0.212 e. The molecule has 4 nitrogen and oxygen atoms in total. The number of nitrogens with zero attached hydrogens (tertiary/aromatic N) is 1. The van der Waals surface area contributed by atoms with Gasteiger partial charge in [0, 0.05) is 18.3 Å². The van der Waals surface area contributed by atoms with Crippen LogP contribution in [0.4, 0.5) is 0 Å². The van der Waals surface area contributed by atoms with Gasteiger partial charge in [0.05, 0.1) is 7.11 Å². The van der Waals surface area contributed by atoms with Gasteiger partial charge in [-0.2, -0.15) is 0 Å². The molecule has 3 N–H and O–H groups in total. The van der Waals surface area contributed by atoms with E-state index in [0.29, 0.717) is 11.9 Å². The van der Waals surface area contributed by atoms with Crippen LogP contribution in [0, 0.1) is 5.92 Å². The number of aromatic nitrogens is 1. The summed E-state index contributed by atoms with van der Waals surface area (Å²) in [6.45, 7) is 4.50. The summed E-state index contributed by atoms with van der Waals surface area (Å²) in [5, 5.41) is 0. The highest BCUT2D eigenvalue weighted by Gasteiger charge is 2.08. The molecule has 1 aromatic rings. The van der Waals surface area contributed by atoms with Crippen LogP contribution in [-0.4, -0.2) is 18.1 Å². The van der Waals surface area contributed by atoms with E-state index in [1.807, 2.05) is 18.3 Å². The zero-order valence-corrected chi connectivity index (χ0v) is 11.6. The molecule has 0 aliphatic rings. The van der Waals surface area contributed by atoms with E-state index in [9.17, 15) is 0 Å². The molecule has 4 heteroatoms. The van der Waals surface area contributed by atoms with E-state index in [4.69, 9.17) is 10.6 Å². The Morgan fingerprint density at radius 2 is 2.11 bits per heavy atom. The maximum atomic E-state index is 5.60. The first-order chi connectivity index (χ1) is 8.65. The summed E-state index contributed by atoms with van der Waals surface area (Å²) in [5.41, 5.74) is 4.08. The zero-order chi connectivity index (χ0) is 13.4. The van der Waals surface area contributed by atoms with Gasteiger partial charge in [0.15, 0.2) is 0 Å². The molecule has 1 unspecified atom stereocenters.